The van der Waals surface area contributed by atoms with E-state index in [1.807, 2.05) is 0 Å². The summed E-state index contributed by atoms with van der Waals surface area (Å²) >= 11 is 0. The molecule has 1 aliphatic rings. The third-order valence-corrected chi connectivity index (χ3v) is 2.08. The lowest BCUT2D eigenvalue weighted by atomic mass is 10.1. The SMILES string of the molecule is [C]#CC(CC=C=O)N1CCOCC1. The Morgan fingerprint density at radius 1 is 1.54 bits per heavy atom. The topological polar surface area (TPSA) is 29.5 Å². The maximum absolute atomic E-state index is 10.00. The van der Waals surface area contributed by atoms with Crippen LogP contribution in [0.25, 0.3) is 0 Å². The van der Waals surface area contributed by atoms with E-state index >= 15 is 0 Å². The quantitative estimate of drug-likeness (QED) is 0.452. The molecular weight excluding hydrogens is 166 g/mol. The summed E-state index contributed by atoms with van der Waals surface area (Å²) in [7, 11) is 0. The lowest BCUT2D eigenvalue weighted by Gasteiger charge is -2.30. The molecule has 0 aromatic heterocycles. The van der Waals surface area contributed by atoms with E-state index in [9.17, 15) is 4.79 Å². The van der Waals surface area contributed by atoms with Crippen LogP contribution in [-0.4, -0.2) is 43.2 Å². The van der Waals surface area contributed by atoms with Crippen molar-refractivity contribution in [1.29, 1.82) is 0 Å². The van der Waals surface area contributed by atoms with Crippen molar-refractivity contribution in [2.24, 2.45) is 0 Å². The highest BCUT2D eigenvalue weighted by molar-refractivity contribution is 5.45. The number of rotatable bonds is 3. The van der Waals surface area contributed by atoms with E-state index in [2.05, 4.69) is 10.8 Å². The van der Waals surface area contributed by atoms with Crippen LogP contribution in [0, 0.1) is 12.3 Å². The van der Waals surface area contributed by atoms with Gasteiger partial charge < -0.3 is 4.74 Å². The van der Waals surface area contributed by atoms with Crippen LogP contribution < -0.4 is 0 Å². The van der Waals surface area contributed by atoms with E-state index in [1.165, 1.54) is 6.08 Å². The molecule has 1 rings (SSSR count). The van der Waals surface area contributed by atoms with Crippen LogP contribution in [0.4, 0.5) is 0 Å². The summed E-state index contributed by atoms with van der Waals surface area (Å²) in [6.45, 7) is 3.01. The molecule has 0 aromatic carbocycles. The zero-order valence-corrected chi connectivity index (χ0v) is 7.45. The molecule has 0 amide bonds. The molecule has 1 radical (unpaired) electrons. The molecule has 0 bridgehead atoms. The van der Waals surface area contributed by atoms with Crippen LogP contribution in [0.3, 0.4) is 0 Å². The summed E-state index contributed by atoms with van der Waals surface area (Å²) in [6.07, 6.45) is 9.02. The molecule has 0 aromatic rings. The van der Waals surface area contributed by atoms with E-state index < -0.39 is 0 Å². The molecule has 0 aliphatic carbocycles. The van der Waals surface area contributed by atoms with E-state index in [0.717, 1.165) is 13.1 Å². The normalized spacial score (nSPS) is 19.9. The zero-order chi connectivity index (χ0) is 9.52. The number of hydrogen-bond acceptors (Lipinski definition) is 3. The van der Waals surface area contributed by atoms with Gasteiger partial charge in [-0.1, -0.05) is 5.92 Å². The van der Waals surface area contributed by atoms with Gasteiger partial charge in [-0.3, -0.25) is 4.90 Å². The van der Waals surface area contributed by atoms with Crippen molar-refractivity contribution in [3.05, 3.63) is 12.5 Å². The number of carbonyl (C=O) groups excluding carboxylic acids is 1. The van der Waals surface area contributed by atoms with Crippen molar-refractivity contribution in [2.75, 3.05) is 26.3 Å². The Morgan fingerprint density at radius 3 is 2.77 bits per heavy atom. The highest BCUT2D eigenvalue weighted by atomic mass is 16.5. The van der Waals surface area contributed by atoms with Crippen LogP contribution in [0.1, 0.15) is 6.42 Å². The van der Waals surface area contributed by atoms with Crippen molar-refractivity contribution in [3.63, 3.8) is 0 Å². The Morgan fingerprint density at radius 2 is 2.23 bits per heavy atom. The summed E-state index contributed by atoms with van der Waals surface area (Å²) in [5.41, 5.74) is 0. The van der Waals surface area contributed by atoms with E-state index in [0.29, 0.717) is 19.6 Å². The maximum atomic E-state index is 10.00. The average Bonchev–Trinajstić information content (AvgIpc) is 2.21. The number of ether oxygens (including phenoxy) is 1. The van der Waals surface area contributed by atoms with Crippen LogP contribution in [0.15, 0.2) is 6.08 Å². The summed E-state index contributed by atoms with van der Waals surface area (Å²) in [5, 5.41) is 0. The first-order valence-corrected chi connectivity index (χ1v) is 4.32. The Kier molecular flexibility index (Phi) is 4.28. The molecule has 0 saturated carbocycles. The molecule has 3 nitrogen and oxygen atoms in total. The molecule has 1 aliphatic heterocycles. The van der Waals surface area contributed by atoms with Gasteiger partial charge in [0.05, 0.1) is 19.3 Å². The van der Waals surface area contributed by atoms with Gasteiger partial charge in [-0.2, -0.15) is 0 Å². The fourth-order valence-corrected chi connectivity index (χ4v) is 1.35. The molecule has 3 heteroatoms. The standard InChI is InChI=1S/C10H12NO2/c1-2-10(4-3-7-12)11-5-8-13-9-6-11/h3,10H,4-6,8-9H2. The Bertz CT molecular complexity index is 232. The molecule has 1 fully saturated rings. The molecule has 1 unspecified atom stereocenters. The minimum Gasteiger partial charge on any atom is -0.379 e. The fourth-order valence-electron chi connectivity index (χ4n) is 1.35. The van der Waals surface area contributed by atoms with Crippen LogP contribution in [0.2, 0.25) is 0 Å². The van der Waals surface area contributed by atoms with Gasteiger partial charge in [-0.15, -0.1) is 0 Å². The number of nitrogens with zero attached hydrogens (tertiary/aromatic N) is 1. The van der Waals surface area contributed by atoms with Gasteiger partial charge in [0.2, 0.25) is 0 Å². The highest BCUT2D eigenvalue weighted by Crippen LogP contribution is 2.06. The predicted molar refractivity (Wildman–Crippen MR) is 48.2 cm³/mol. The van der Waals surface area contributed by atoms with Gasteiger partial charge >= 0.3 is 0 Å². The molecule has 1 saturated heterocycles. The Balaban J connectivity index is 2.44. The van der Waals surface area contributed by atoms with Gasteiger partial charge in [0.25, 0.3) is 0 Å². The molecule has 0 spiro atoms. The molecule has 1 atom stereocenters. The van der Waals surface area contributed by atoms with Crippen LogP contribution in [0.5, 0.6) is 0 Å². The third-order valence-electron chi connectivity index (χ3n) is 2.08. The van der Waals surface area contributed by atoms with Gasteiger partial charge in [-0.05, 0) is 6.42 Å². The molecule has 0 N–H and O–H groups in total. The molecular formula is C10H12NO2. The van der Waals surface area contributed by atoms with Gasteiger partial charge in [-0.25, -0.2) is 4.79 Å². The van der Waals surface area contributed by atoms with Crippen molar-refractivity contribution >= 4 is 5.94 Å². The molecule has 69 valence electrons. The smallest absolute Gasteiger partial charge is 0.120 e. The first-order valence-electron chi connectivity index (χ1n) is 4.32. The van der Waals surface area contributed by atoms with Crippen molar-refractivity contribution < 1.29 is 9.53 Å². The minimum atomic E-state index is -0.0923. The van der Waals surface area contributed by atoms with Crippen LogP contribution in [-0.2, 0) is 9.53 Å². The Labute approximate surface area is 78.4 Å². The number of hydrogen-bond donors (Lipinski definition) is 0. The first-order chi connectivity index (χ1) is 6.38. The summed E-state index contributed by atoms with van der Waals surface area (Å²) in [5.74, 6) is 4.13. The fraction of sp³-hybridized carbons (Fsp3) is 0.600. The van der Waals surface area contributed by atoms with Crippen molar-refractivity contribution in [2.45, 2.75) is 12.5 Å². The van der Waals surface area contributed by atoms with E-state index in [-0.39, 0.29) is 6.04 Å². The number of morpholine rings is 1. The molecule has 1 heterocycles. The van der Waals surface area contributed by atoms with Gasteiger partial charge in [0.1, 0.15) is 5.94 Å². The zero-order valence-electron chi connectivity index (χ0n) is 7.45. The second-order valence-corrected chi connectivity index (χ2v) is 2.87. The van der Waals surface area contributed by atoms with Gasteiger partial charge in [0, 0.05) is 25.6 Å². The molecule has 13 heavy (non-hydrogen) atoms. The predicted octanol–water partition coefficient (Wildman–Crippen LogP) is 0.0549. The summed E-state index contributed by atoms with van der Waals surface area (Å²) < 4.78 is 5.18. The van der Waals surface area contributed by atoms with Crippen LogP contribution >= 0.6 is 0 Å². The Hall–Kier alpha value is -1.07. The largest absolute Gasteiger partial charge is 0.379 e. The van der Waals surface area contributed by atoms with E-state index in [1.54, 1.807) is 5.94 Å². The highest BCUT2D eigenvalue weighted by Gasteiger charge is 2.17. The lowest BCUT2D eigenvalue weighted by Crippen LogP contribution is -2.42. The lowest BCUT2D eigenvalue weighted by molar-refractivity contribution is 0.0278. The van der Waals surface area contributed by atoms with Gasteiger partial charge in [0.15, 0.2) is 0 Å². The van der Waals surface area contributed by atoms with Crippen molar-refractivity contribution in [1.82, 2.24) is 4.90 Å². The van der Waals surface area contributed by atoms with Crippen molar-refractivity contribution in [3.8, 4) is 5.92 Å². The monoisotopic (exact) mass is 178 g/mol. The summed E-state index contributed by atoms with van der Waals surface area (Å²) in [4.78, 5) is 12.1. The first kappa shape index (κ1) is 10.0. The second kappa shape index (κ2) is 5.55. The third kappa shape index (κ3) is 3.04. The minimum absolute atomic E-state index is 0.0923. The second-order valence-electron chi connectivity index (χ2n) is 2.87. The van der Waals surface area contributed by atoms with E-state index in [4.69, 9.17) is 11.2 Å². The maximum Gasteiger partial charge on any atom is 0.120 e. The summed E-state index contributed by atoms with van der Waals surface area (Å²) in [6, 6.07) is -0.0923. The average molecular weight is 178 g/mol.